The lowest BCUT2D eigenvalue weighted by atomic mass is 9.82. The maximum atomic E-state index is 13.3. The number of amides is 1. The van der Waals surface area contributed by atoms with Crippen LogP contribution < -0.4 is 15.4 Å². The van der Waals surface area contributed by atoms with Crippen LogP contribution >= 0.6 is 11.3 Å². The van der Waals surface area contributed by atoms with Crippen molar-refractivity contribution in [1.82, 2.24) is 24.8 Å². The van der Waals surface area contributed by atoms with Crippen LogP contribution in [0.25, 0.3) is 10.8 Å². The summed E-state index contributed by atoms with van der Waals surface area (Å²) >= 11 is 1.36. The number of pyridine rings is 1. The summed E-state index contributed by atoms with van der Waals surface area (Å²) in [5.41, 5.74) is 8.12. The quantitative estimate of drug-likeness (QED) is 0.487. The molecule has 3 aromatic heterocycles. The van der Waals surface area contributed by atoms with Gasteiger partial charge >= 0.3 is 0 Å². The third-order valence-electron chi connectivity index (χ3n) is 8.38. The summed E-state index contributed by atoms with van der Waals surface area (Å²) in [6, 6.07) is 5.87. The van der Waals surface area contributed by atoms with Gasteiger partial charge in [-0.05, 0) is 56.7 Å². The number of aromatic nitrogens is 4. The molecular formula is C29H37N7O2S. The van der Waals surface area contributed by atoms with Crippen molar-refractivity contribution in [3.05, 3.63) is 46.7 Å². The number of thiazole rings is 1. The van der Waals surface area contributed by atoms with Crippen molar-refractivity contribution >= 4 is 23.1 Å². The second kappa shape index (κ2) is 9.52. The minimum atomic E-state index is -0.496. The number of carbonyl (C=O) groups excluding carboxylic acids is 1. The normalized spacial score (nSPS) is 24.0. The van der Waals surface area contributed by atoms with E-state index in [0.717, 1.165) is 43.0 Å². The molecule has 2 N–H and O–H groups in total. The fourth-order valence-corrected chi connectivity index (χ4v) is 6.60. The first kappa shape index (κ1) is 26.1. The lowest BCUT2D eigenvalue weighted by molar-refractivity contribution is 0.0755. The lowest BCUT2D eigenvalue weighted by Gasteiger charge is -2.38. The average molecular weight is 548 g/mol. The molecule has 9 nitrogen and oxygen atoms in total. The summed E-state index contributed by atoms with van der Waals surface area (Å²) in [5, 5.41) is 0.670. The van der Waals surface area contributed by atoms with Crippen molar-refractivity contribution in [3.63, 3.8) is 0 Å². The van der Waals surface area contributed by atoms with E-state index < -0.39 is 5.54 Å². The molecule has 0 unspecified atom stereocenters. The number of ether oxygens (including phenoxy) is 1. The highest BCUT2D eigenvalue weighted by Crippen LogP contribution is 2.48. The van der Waals surface area contributed by atoms with Crippen molar-refractivity contribution in [2.45, 2.75) is 59.1 Å². The Hall–Kier alpha value is -3.11. The number of piperidine rings is 2. The number of likely N-dealkylation sites (tertiary alicyclic amines) is 1. The molecule has 3 atom stereocenters. The van der Waals surface area contributed by atoms with E-state index >= 15 is 0 Å². The van der Waals surface area contributed by atoms with Gasteiger partial charge in [-0.1, -0.05) is 13.8 Å². The highest BCUT2D eigenvalue weighted by Gasteiger charge is 2.59. The number of carbonyl (C=O) groups is 1. The fraction of sp³-hybridized carbons (Fsp3) is 0.552. The van der Waals surface area contributed by atoms with E-state index in [2.05, 4.69) is 39.8 Å². The van der Waals surface area contributed by atoms with E-state index in [9.17, 15) is 4.79 Å². The van der Waals surface area contributed by atoms with Crippen molar-refractivity contribution in [1.29, 1.82) is 0 Å². The van der Waals surface area contributed by atoms with Gasteiger partial charge in [0.2, 0.25) is 5.88 Å². The summed E-state index contributed by atoms with van der Waals surface area (Å²) in [7, 11) is 0. The minimum absolute atomic E-state index is 0.0263. The molecule has 3 aliphatic rings. The number of hydrogen-bond acceptors (Lipinski definition) is 9. The molecule has 5 heterocycles. The third-order valence-corrected chi connectivity index (χ3v) is 9.52. The van der Waals surface area contributed by atoms with E-state index in [0.29, 0.717) is 51.9 Å². The van der Waals surface area contributed by atoms with Gasteiger partial charge in [0.1, 0.15) is 16.8 Å². The van der Waals surface area contributed by atoms with Gasteiger partial charge in [-0.25, -0.2) is 15.0 Å². The first-order chi connectivity index (χ1) is 18.5. The van der Waals surface area contributed by atoms with E-state index in [4.69, 9.17) is 15.5 Å². The number of nitrogens with two attached hydrogens (primary N) is 1. The Bertz CT molecular complexity index is 1360. The molecule has 6 rings (SSSR count). The summed E-state index contributed by atoms with van der Waals surface area (Å²) in [6.07, 6.45) is 5.71. The van der Waals surface area contributed by atoms with Gasteiger partial charge in [0.05, 0.1) is 5.69 Å². The molecule has 2 aliphatic heterocycles. The topological polar surface area (TPSA) is 110 Å². The van der Waals surface area contributed by atoms with Gasteiger partial charge in [-0.3, -0.25) is 4.79 Å². The van der Waals surface area contributed by atoms with E-state index in [1.54, 1.807) is 18.5 Å². The van der Waals surface area contributed by atoms with Gasteiger partial charge in [0, 0.05) is 62.0 Å². The molecule has 0 bridgehead atoms. The predicted octanol–water partition coefficient (Wildman–Crippen LogP) is 4.27. The summed E-state index contributed by atoms with van der Waals surface area (Å²) in [6.45, 7) is 13.9. The standard InChI is InChI=1S/C29H37N7O2S/c1-17-24(39-26(33-17)25-31-9-6-10-32-25)27(37)36-15-19-20(16-36)23(19)38-22-14-18(29(4,5)30)13-21(34-22)35-11-7-28(2,3)8-12-35/h6,9-10,13-14,19-20,23H,7-8,11-12,15-16,30H2,1-5H3/t19-,20+,23-. The molecule has 206 valence electrons. The molecule has 0 aromatic carbocycles. The molecule has 2 saturated heterocycles. The molecule has 3 fully saturated rings. The van der Waals surface area contributed by atoms with Crippen LogP contribution in [0.1, 0.15) is 61.5 Å². The van der Waals surface area contributed by atoms with Crippen LogP contribution in [0.3, 0.4) is 0 Å². The number of anilines is 1. The lowest BCUT2D eigenvalue weighted by Crippen LogP contribution is -2.38. The van der Waals surface area contributed by atoms with Crippen LogP contribution in [0.4, 0.5) is 5.82 Å². The van der Waals surface area contributed by atoms with Crippen LogP contribution in [0.5, 0.6) is 5.88 Å². The number of rotatable bonds is 6. The molecule has 0 radical (unpaired) electrons. The Morgan fingerprint density at radius 1 is 1.10 bits per heavy atom. The number of hydrogen-bond donors (Lipinski definition) is 1. The summed E-state index contributed by atoms with van der Waals surface area (Å²) < 4.78 is 6.46. The third kappa shape index (κ3) is 5.24. The zero-order valence-electron chi connectivity index (χ0n) is 23.3. The molecule has 1 saturated carbocycles. The Morgan fingerprint density at radius 3 is 2.41 bits per heavy atom. The van der Waals surface area contributed by atoms with Crippen LogP contribution in [0, 0.1) is 24.2 Å². The Morgan fingerprint density at radius 2 is 1.77 bits per heavy atom. The van der Waals surface area contributed by atoms with Crippen LogP contribution in [-0.4, -0.2) is 63.0 Å². The molecule has 0 spiro atoms. The van der Waals surface area contributed by atoms with Crippen LogP contribution in [0.2, 0.25) is 0 Å². The minimum Gasteiger partial charge on any atom is -0.474 e. The molecule has 10 heteroatoms. The Balaban J connectivity index is 1.13. The van der Waals surface area contributed by atoms with Gasteiger partial charge in [0.15, 0.2) is 10.8 Å². The zero-order chi connectivity index (χ0) is 27.5. The Kier molecular flexibility index (Phi) is 6.38. The summed E-state index contributed by atoms with van der Waals surface area (Å²) in [5.74, 6) is 2.78. The fourth-order valence-electron chi connectivity index (χ4n) is 5.62. The van der Waals surface area contributed by atoms with Gasteiger partial charge in [-0.15, -0.1) is 11.3 Å². The second-order valence-corrected chi connectivity index (χ2v) is 13.6. The number of nitrogens with zero attached hydrogens (tertiary/aromatic N) is 6. The van der Waals surface area contributed by atoms with E-state index in [1.807, 2.05) is 31.7 Å². The number of aryl methyl sites for hydroxylation is 1. The van der Waals surface area contributed by atoms with Gasteiger partial charge in [0.25, 0.3) is 5.91 Å². The molecule has 3 aromatic rings. The first-order valence-electron chi connectivity index (χ1n) is 13.8. The van der Waals surface area contributed by atoms with Crippen molar-refractivity contribution < 1.29 is 9.53 Å². The zero-order valence-corrected chi connectivity index (χ0v) is 24.2. The van der Waals surface area contributed by atoms with Crippen molar-refractivity contribution in [3.8, 4) is 16.7 Å². The average Bonchev–Trinajstić information content (AvgIpc) is 3.21. The first-order valence-corrected chi connectivity index (χ1v) is 14.6. The highest BCUT2D eigenvalue weighted by molar-refractivity contribution is 7.17. The van der Waals surface area contributed by atoms with Crippen LogP contribution in [-0.2, 0) is 5.54 Å². The maximum absolute atomic E-state index is 13.3. The largest absolute Gasteiger partial charge is 0.474 e. The predicted molar refractivity (Wildman–Crippen MR) is 152 cm³/mol. The van der Waals surface area contributed by atoms with E-state index in [1.165, 1.54) is 11.3 Å². The monoisotopic (exact) mass is 547 g/mol. The van der Waals surface area contributed by atoms with Crippen LogP contribution in [0.15, 0.2) is 30.6 Å². The molecule has 1 amide bonds. The van der Waals surface area contributed by atoms with Crippen molar-refractivity contribution in [2.75, 3.05) is 31.1 Å². The maximum Gasteiger partial charge on any atom is 0.265 e. The smallest absolute Gasteiger partial charge is 0.265 e. The second-order valence-electron chi connectivity index (χ2n) is 12.6. The number of fused-ring (bicyclic) bond motifs is 1. The highest BCUT2D eigenvalue weighted by atomic mass is 32.1. The van der Waals surface area contributed by atoms with Gasteiger partial charge in [-0.2, -0.15) is 4.98 Å². The molecular weight excluding hydrogens is 510 g/mol. The SMILES string of the molecule is Cc1nc(-c2ncccn2)sc1C(=O)N1C[C@@H]2[C@H](C1)[C@@H]2Oc1cc(C(C)(C)N)cc(N2CCC(C)(C)CC2)n1. The Labute approximate surface area is 233 Å². The summed E-state index contributed by atoms with van der Waals surface area (Å²) in [4.78, 5) is 36.3. The van der Waals surface area contributed by atoms with Crippen molar-refractivity contribution in [2.24, 2.45) is 23.0 Å². The van der Waals surface area contributed by atoms with E-state index in [-0.39, 0.29) is 12.0 Å². The molecule has 39 heavy (non-hydrogen) atoms. The van der Waals surface area contributed by atoms with Gasteiger partial charge < -0.3 is 20.3 Å². The molecule has 1 aliphatic carbocycles.